The molecule has 1 rings (SSSR count). The van der Waals surface area contributed by atoms with E-state index in [0.717, 1.165) is 19.5 Å². The average Bonchev–Trinajstić information content (AvgIpc) is 2.82. The summed E-state index contributed by atoms with van der Waals surface area (Å²) in [5.41, 5.74) is 0. The van der Waals surface area contributed by atoms with Crippen molar-refractivity contribution in [3.63, 3.8) is 0 Å². The van der Waals surface area contributed by atoms with Gasteiger partial charge in [0.15, 0.2) is 0 Å². The van der Waals surface area contributed by atoms with Gasteiger partial charge in [-0.05, 0) is 46.2 Å². The van der Waals surface area contributed by atoms with Crippen molar-refractivity contribution >= 4 is 5.91 Å². The largest absolute Gasteiger partial charge is 0.352 e. The van der Waals surface area contributed by atoms with Crippen LogP contribution in [0.25, 0.3) is 0 Å². The molecule has 1 aliphatic heterocycles. The van der Waals surface area contributed by atoms with Crippen LogP contribution in [0.1, 0.15) is 47.0 Å². The molecule has 1 amide bonds. The SMILES string of the molecule is CCC(C)NC(=O)C(C)NCC1CCCN1CC. The Morgan fingerprint density at radius 1 is 1.39 bits per heavy atom. The molecule has 1 saturated heterocycles. The first-order valence-corrected chi connectivity index (χ1v) is 7.36. The molecule has 0 aromatic heterocycles. The van der Waals surface area contributed by atoms with Gasteiger partial charge in [-0.25, -0.2) is 0 Å². The second kappa shape index (κ2) is 7.74. The van der Waals surface area contributed by atoms with Crippen LogP contribution in [-0.2, 0) is 4.79 Å². The maximum absolute atomic E-state index is 11.9. The Hall–Kier alpha value is -0.610. The first-order chi connectivity index (χ1) is 8.58. The Kier molecular flexibility index (Phi) is 6.65. The highest BCUT2D eigenvalue weighted by atomic mass is 16.2. The summed E-state index contributed by atoms with van der Waals surface area (Å²) >= 11 is 0. The summed E-state index contributed by atoms with van der Waals surface area (Å²) in [6.45, 7) is 11.5. The predicted molar refractivity (Wildman–Crippen MR) is 75.6 cm³/mol. The third-order valence-electron chi connectivity index (χ3n) is 3.96. The fourth-order valence-corrected chi connectivity index (χ4v) is 2.42. The number of likely N-dealkylation sites (tertiary alicyclic amines) is 1. The normalized spacial score (nSPS) is 23.9. The summed E-state index contributed by atoms with van der Waals surface area (Å²) in [6, 6.07) is 0.771. The van der Waals surface area contributed by atoms with E-state index in [0.29, 0.717) is 6.04 Å². The van der Waals surface area contributed by atoms with Crippen LogP contribution in [0.15, 0.2) is 0 Å². The van der Waals surface area contributed by atoms with Crippen LogP contribution >= 0.6 is 0 Å². The second-order valence-corrected chi connectivity index (χ2v) is 5.37. The molecule has 1 heterocycles. The van der Waals surface area contributed by atoms with Gasteiger partial charge in [-0.2, -0.15) is 0 Å². The minimum Gasteiger partial charge on any atom is -0.352 e. The molecule has 1 aliphatic rings. The van der Waals surface area contributed by atoms with E-state index in [2.05, 4.69) is 29.4 Å². The van der Waals surface area contributed by atoms with Crippen molar-refractivity contribution in [1.82, 2.24) is 15.5 Å². The van der Waals surface area contributed by atoms with Crippen molar-refractivity contribution in [3.05, 3.63) is 0 Å². The molecule has 2 N–H and O–H groups in total. The Bertz CT molecular complexity index is 257. The van der Waals surface area contributed by atoms with Crippen molar-refractivity contribution in [2.45, 2.75) is 65.1 Å². The minimum absolute atomic E-state index is 0.0988. The van der Waals surface area contributed by atoms with Crippen LogP contribution in [0.3, 0.4) is 0 Å². The van der Waals surface area contributed by atoms with E-state index >= 15 is 0 Å². The van der Waals surface area contributed by atoms with Gasteiger partial charge in [-0.3, -0.25) is 9.69 Å². The Labute approximate surface area is 111 Å². The molecule has 4 nitrogen and oxygen atoms in total. The van der Waals surface area contributed by atoms with Crippen LogP contribution in [-0.4, -0.2) is 48.6 Å². The Balaban J connectivity index is 2.27. The van der Waals surface area contributed by atoms with E-state index in [-0.39, 0.29) is 18.0 Å². The number of amides is 1. The standard InChI is InChI=1S/C14H29N3O/c1-5-11(3)16-14(18)12(4)15-10-13-8-7-9-17(13)6-2/h11-13,15H,5-10H2,1-4H3,(H,16,18). The number of carbonyl (C=O) groups excluding carboxylic acids is 1. The van der Waals surface area contributed by atoms with Crippen LogP contribution < -0.4 is 10.6 Å². The molecule has 0 aliphatic carbocycles. The van der Waals surface area contributed by atoms with Crippen molar-refractivity contribution in [2.75, 3.05) is 19.6 Å². The molecule has 0 radical (unpaired) electrons. The quantitative estimate of drug-likeness (QED) is 0.722. The predicted octanol–water partition coefficient (Wildman–Crippen LogP) is 1.36. The molecule has 3 unspecified atom stereocenters. The Morgan fingerprint density at radius 2 is 2.11 bits per heavy atom. The number of nitrogens with zero attached hydrogens (tertiary/aromatic N) is 1. The summed E-state index contributed by atoms with van der Waals surface area (Å²) in [6.07, 6.45) is 3.51. The number of nitrogens with one attached hydrogen (secondary N) is 2. The molecule has 0 aromatic carbocycles. The van der Waals surface area contributed by atoms with Crippen molar-refractivity contribution in [3.8, 4) is 0 Å². The van der Waals surface area contributed by atoms with E-state index in [9.17, 15) is 4.79 Å². The summed E-state index contributed by atoms with van der Waals surface area (Å²) in [7, 11) is 0. The molecule has 0 bridgehead atoms. The van der Waals surface area contributed by atoms with Gasteiger partial charge in [0, 0.05) is 18.6 Å². The van der Waals surface area contributed by atoms with Crippen molar-refractivity contribution in [1.29, 1.82) is 0 Å². The van der Waals surface area contributed by atoms with E-state index in [1.807, 2.05) is 13.8 Å². The topological polar surface area (TPSA) is 44.4 Å². The fraction of sp³-hybridized carbons (Fsp3) is 0.929. The maximum Gasteiger partial charge on any atom is 0.237 e. The van der Waals surface area contributed by atoms with Gasteiger partial charge < -0.3 is 10.6 Å². The summed E-state index contributed by atoms with van der Waals surface area (Å²) in [5.74, 6) is 0.116. The molecule has 4 heteroatoms. The summed E-state index contributed by atoms with van der Waals surface area (Å²) in [4.78, 5) is 14.4. The first kappa shape index (κ1) is 15.4. The van der Waals surface area contributed by atoms with E-state index < -0.39 is 0 Å². The number of hydrogen-bond donors (Lipinski definition) is 2. The molecule has 1 fully saturated rings. The molecule has 0 aromatic rings. The first-order valence-electron chi connectivity index (χ1n) is 7.36. The monoisotopic (exact) mass is 255 g/mol. The second-order valence-electron chi connectivity index (χ2n) is 5.37. The average molecular weight is 255 g/mol. The van der Waals surface area contributed by atoms with Crippen molar-refractivity contribution < 1.29 is 4.79 Å². The van der Waals surface area contributed by atoms with Gasteiger partial charge >= 0.3 is 0 Å². The Morgan fingerprint density at radius 3 is 2.72 bits per heavy atom. The van der Waals surface area contributed by atoms with Gasteiger partial charge in [-0.15, -0.1) is 0 Å². The smallest absolute Gasteiger partial charge is 0.237 e. The number of hydrogen-bond acceptors (Lipinski definition) is 3. The maximum atomic E-state index is 11.9. The lowest BCUT2D eigenvalue weighted by atomic mass is 10.2. The minimum atomic E-state index is -0.0988. The van der Waals surface area contributed by atoms with Gasteiger partial charge in [0.05, 0.1) is 6.04 Å². The van der Waals surface area contributed by atoms with Crippen molar-refractivity contribution in [2.24, 2.45) is 0 Å². The van der Waals surface area contributed by atoms with Gasteiger partial charge in [0.2, 0.25) is 5.91 Å². The number of rotatable bonds is 7. The van der Waals surface area contributed by atoms with Crippen LogP contribution in [0, 0.1) is 0 Å². The highest BCUT2D eigenvalue weighted by Gasteiger charge is 2.24. The van der Waals surface area contributed by atoms with Gasteiger partial charge in [0.25, 0.3) is 0 Å². The summed E-state index contributed by atoms with van der Waals surface area (Å²) in [5, 5.41) is 6.38. The molecule has 0 saturated carbocycles. The van der Waals surface area contributed by atoms with E-state index in [1.54, 1.807) is 0 Å². The lowest BCUT2D eigenvalue weighted by Gasteiger charge is -2.25. The number of carbonyl (C=O) groups is 1. The third kappa shape index (κ3) is 4.58. The highest BCUT2D eigenvalue weighted by molar-refractivity contribution is 5.81. The zero-order valence-corrected chi connectivity index (χ0v) is 12.3. The highest BCUT2D eigenvalue weighted by Crippen LogP contribution is 2.15. The zero-order chi connectivity index (χ0) is 13.5. The molecule has 106 valence electrons. The van der Waals surface area contributed by atoms with Gasteiger partial charge in [0.1, 0.15) is 0 Å². The molecule has 18 heavy (non-hydrogen) atoms. The van der Waals surface area contributed by atoms with Crippen LogP contribution in [0.2, 0.25) is 0 Å². The van der Waals surface area contributed by atoms with Gasteiger partial charge in [-0.1, -0.05) is 13.8 Å². The third-order valence-corrected chi connectivity index (χ3v) is 3.96. The lowest BCUT2D eigenvalue weighted by Crippen LogP contribution is -2.48. The number of likely N-dealkylation sites (N-methyl/N-ethyl adjacent to an activating group) is 1. The lowest BCUT2D eigenvalue weighted by molar-refractivity contribution is -0.123. The van der Waals surface area contributed by atoms with Crippen LogP contribution in [0.4, 0.5) is 0 Å². The fourth-order valence-electron chi connectivity index (χ4n) is 2.42. The summed E-state index contributed by atoms with van der Waals surface area (Å²) < 4.78 is 0. The zero-order valence-electron chi connectivity index (χ0n) is 12.3. The van der Waals surface area contributed by atoms with E-state index in [4.69, 9.17) is 0 Å². The molecular weight excluding hydrogens is 226 g/mol. The molecule has 3 atom stereocenters. The molecule has 0 spiro atoms. The molecular formula is C14H29N3O. The van der Waals surface area contributed by atoms with E-state index in [1.165, 1.54) is 19.4 Å². The van der Waals surface area contributed by atoms with Crippen LogP contribution in [0.5, 0.6) is 0 Å².